The third-order valence-electron chi connectivity index (χ3n) is 3.53. The number of hydrogen-bond donors (Lipinski definition) is 0. The van der Waals surface area contributed by atoms with Gasteiger partial charge in [-0.1, -0.05) is 30.3 Å². The summed E-state index contributed by atoms with van der Waals surface area (Å²) in [4.78, 5) is 2.33. The summed E-state index contributed by atoms with van der Waals surface area (Å²) in [5, 5.41) is 6.35. The molecule has 0 amide bonds. The molecular weight excluding hydrogens is 258 g/mol. The molecule has 0 heterocycles. The van der Waals surface area contributed by atoms with Crippen molar-refractivity contribution in [2.45, 2.75) is 13.8 Å². The molecule has 0 fully saturated rings. The first-order valence-corrected chi connectivity index (χ1v) is 7.42. The summed E-state index contributed by atoms with van der Waals surface area (Å²) in [7, 11) is 1.95. The number of hydrogen-bond acceptors (Lipinski definition) is 3. The number of rotatable bonds is 6. The van der Waals surface area contributed by atoms with Crippen molar-refractivity contribution in [1.29, 1.82) is 0 Å². The fourth-order valence-corrected chi connectivity index (χ4v) is 2.22. The summed E-state index contributed by atoms with van der Waals surface area (Å²) in [6.07, 6.45) is 1.89. The van der Waals surface area contributed by atoms with Crippen molar-refractivity contribution in [3.05, 3.63) is 60.2 Å². The van der Waals surface area contributed by atoms with Crippen LogP contribution in [-0.2, 0) is 0 Å². The molecule has 0 saturated heterocycles. The molecule has 2 aromatic rings. The van der Waals surface area contributed by atoms with Crippen LogP contribution in [0.4, 0.5) is 11.4 Å². The van der Waals surface area contributed by atoms with Crippen LogP contribution < -0.4 is 9.91 Å². The molecule has 0 aliphatic rings. The monoisotopic (exact) mass is 281 g/mol. The maximum Gasteiger partial charge on any atom is 0.0590 e. The minimum Gasteiger partial charge on any atom is -0.372 e. The molecule has 3 nitrogen and oxygen atoms in total. The molecule has 2 aromatic carbocycles. The lowest BCUT2D eigenvalue weighted by Crippen LogP contribution is -2.21. The Balaban J connectivity index is 2.04. The zero-order valence-corrected chi connectivity index (χ0v) is 13.0. The quantitative estimate of drug-likeness (QED) is 0.588. The van der Waals surface area contributed by atoms with Crippen LogP contribution in [0.1, 0.15) is 19.4 Å². The first kappa shape index (κ1) is 15.1. The molecule has 110 valence electrons. The zero-order valence-electron chi connectivity index (χ0n) is 13.0. The van der Waals surface area contributed by atoms with E-state index in [9.17, 15) is 0 Å². The number of anilines is 2. The van der Waals surface area contributed by atoms with Crippen molar-refractivity contribution in [3.63, 3.8) is 0 Å². The van der Waals surface area contributed by atoms with Gasteiger partial charge in [0, 0.05) is 25.8 Å². The van der Waals surface area contributed by atoms with Crippen molar-refractivity contribution in [2.24, 2.45) is 5.10 Å². The Bertz CT molecular complexity index is 557. The van der Waals surface area contributed by atoms with E-state index in [1.807, 2.05) is 48.6 Å². The SMILES string of the molecule is CCN(CC)c1ccc(C=NN(C)c2ccccc2)cc1. The van der Waals surface area contributed by atoms with Gasteiger partial charge < -0.3 is 4.90 Å². The second-order valence-corrected chi connectivity index (χ2v) is 4.87. The smallest absolute Gasteiger partial charge is 0.0590 e. The van der Waals surface area contributed by atoms with Gasteiger partial charge in [0.1, 0.15) is 0 Å². The largest absolute Gasteiger partial charge is 0.372 e. The van der Waals surface area contributed by atoms with Crippen molar-refractivity contribution in [3.8, 4) is 0 Å². The van der Waals surface area contributed by atoms with Crippen LogP contribution in [0.2, 0.25) is 0 Å². The van der Waals surface area contributed by atoms with E-state index in [0.29, 0.717) is 0 Å². The van der Waals surface area contributed by atoms with E-state index in [1.165, 1.54) is 5.69 Å². The number of benzene rings is 2. The van der Waals surface area contributed by atoms with Crippen LogP contribution in [0.25, 0.3) is 0 Å². The fourth-order valence-electron chi connectivity index (χ4n) is 2.22. The van der Waals surface area contributed by atoms with Crippen LogP contribution in [0.3, 0.4) is 0 Å². The first-order chi connectivity index (χ1) is 10.2. The summed E-state index contributed by atoms with van der Waals surface area (Å²) in [5.41, 5.74) is 3.44. The van der Waals surface area contributed by atoms with Crippen molar-refractivity contribution >= 4 is 17.6 Å². The predicted molar refractivity (Wildman–Crippen MR) is 92.4 cm³/mol. The van der Waals surface area contributed by atoms with E-state index in [-0.39, 0.29) is 0 Å². The molecule has 0 atom stereocenters. The molecule has 3 heteroatoms. The normalized spacial score (nSPS) is 10.8. The molecule has 2 rings (SSSR count). The predicted octanol–water partition coefficient (Wildman–Crippen LogP) is 4.00. The third-order valence-corrected chi connectivity index (χ3v) is 3.53. The lowest BCUT2D eigenvalue weighted by Gasteiger charge is -2.20. The topological polar surface area (TPSA) is 18.8 Å². The average molecular weight is 281 g/mol. The minimum atomic E-state index is 1.03. The molecule has 0 saturated carbocycles. The maximum absolute atomic E-state index is 4.47. The zero-order chi connectivity index (χ0) is 15.1. The van der Waals surface area contributed by atoms with Crippen molar-refractivity contribution < 1.29 is 0 Å². The molecule has 0 aromatic heterocycles. The van der Waals surface area contributed by atoms with Crippen LogP contribution >= 0.6 is 0 Å². The van der Waals surface area contributed by atoms with Gasteiger partial charge in [0.2, 0.25) is 0 Å². The molecule has 0 aliphatic heterocycles. The molecule has 0 aliphatic carbocycles. The Morgan fingerprint density at radius 3 is 2.05 bits per heavy atom. The molecular formula is C18H23N3. The lowest BCUT2D eigenvalue weighted by atomic mass is 10.2. The molecule has 0 bridgehead atoms. The van der Waals surface area contributed by atoms with E-state index in [2.05, 4.69) is 48.1 Å². The summed E-state index contributed by atoms with van der Waals surface area (Å²) in [6.45, 7) is 6.41. The van der Waals surface area contributed by atoms with E-state index in [1.54, 1.807) is 0 Å². The Morgan fingerprint density at radius 2 is 1.48 bits per heavy atom. The Labute approximate surface area is 127 Å². The number of hydrazone groups is 1. The molecule has 0 spiro atoms. The van der Waals surface area contributed by atoms with Gasteiger partial charge in [-0.15, -0.1) is 0 Å². The number of nitrogens with zero attached hydrogens (tertiary/aromatic N) is 3. The van der Waals surface area contributed by atoms with Gasteiger partial charge in [0.15, 0.2) is 0 Å². The van der Waals surface area contributed by atoms with E-state index in [0.717, 1.165) is 24.3 Å². The van der Waals surface area contributed by atoms with Gasteiger partial charge in [0.05, 0.1) is 11.9 Å². The molecule has 0 radical (unpaired) electrons. The molecule has 0 unspecified atom stereocenters. The Morgan fingerprint density at radius 1 is 0.857 bits per heavy atom. The number of para-hydroxylation sites is 1. The molecule has 0 N–H and O–H groups in total. The van der Waals surface area contributed by atoms with Crippen molar-refractivity contribution in [2.75, 3.05) is 30.0 Å². The highest BCUT2D eigenvalue weighted by molar-refractivity contribution is 5.81. The van der Waals surface area contributed by atoms with Crippen LogP contribution in [0.15, 0.2) is 59.7 Å². The minimum absolute atomic E-state index is 1.03. The third kappa shape index (κ3) is 4.09. The fraction of sp³-hybridized carbons (Fsp3) is 0.278. The van der Waals surface area contributed by atoms with Gasteiger partial charge in [-0.2, -0.15) is 5.10 Å². The van der Waals surface area contributed by atoms with Gasteiger partial charge in [-0.3, -0.25) is 5.01 Å². The highest BCUT2D eigenvalue weighted by atomic mass is 15.4. The summed E-state index contributed by atoms with van der Waals surface area (Å²) >= 11 is 0. The second-order valence-electron chi connectivity index (χ2n) is 4.87. The second kappa shape index (κ2) is 7.48. The summed E-state index contributed by atoms with van der Waals surface area (Å²) < 4.78 is 0. The Kier molecular flexibility index (Phi) is 5.38. The maximum atomic E-state index is 4.47. The highest BCUT2D eigenvalue weighted by Crippen LogP contribution is 2.15. The van der Waals surface area contributed by atoms with E-state index < -0.39 is 0 Å². The van der Waals surface area contributed by atoms with Crippen molar-refractivity contribution in [1.82, 2.24) is 0 Å². The van der Waals surface area contributed by atoms with Gasteiger partial charge in [-0.25, -0.2) is 0 Å². The van der Waals surface area contributed by atoms with Gasteiger partial charge in [0.25, 0.3) is 0 Å². The van der Waals surface area contributed by atoms with Crippen LogP contribution in [-0.4, -0.2) is 26.4 Å². The van der Waals surface area contributed by atoms with Gasteiger partial charge in [-0.05, 0) is 43.7 Å². The van der Waals surface area contributed by atoms with E-state index in [4.69, 9.17) is 0 Å². The van der Waals surface area contributed by atoms with Crippen LogP contribution in [0, 0.1) is 0 Å². The standard InChI is InChI=1S/C18H23N3/c1-4-21(5-2)18-13-11-16(12-14-18)15-19-20(3)17-9-7-6-8-10-17/h6-15H,4-5H2,1-3H3. The molecule has 21 heavy (non-hydrogen) atoms. The summed E-state index contributed by atoms with van der Waals surface area (Å²) in [6, 6.07) is 18.6. The summed E-state index contributed by atoms with van der Waals surface area (Å²) in [5.74, 6) is 0. The van der Waals surface area contributed by atoms with Gasteiger partial charge >= 0.3 is 0 Å². The average Bonchev–Trinajstić information content (AvgIpc) is 2.55. The van der Waals surface area contributed by atoms with Crippen LogP contribution in [0.5, 0.6) is 0 Å². The van der Waals surface area contributed by atoms with E-state index >= 15 is 0 Å². The lowest BCUT2D eigenvalue weighted by molar-refractivity contribution is 0.866. The Hall–Kier alpha value is -2.29. The highest BCUT2D eigenvalue weighted by Gasteiger charge is 2.00. The first-order valence-electron chi connectivity index (χ1n) is 7.42.